The van der Waals surface area contributed by atoms with Crippen molar-refractivity contribution in [3.05, 3.63) is 0 Å². The van der Waals surface area contributed by atoms with Crippen molar-refractivity contribution >= 4 is 11.9 Å². The summed E-state index contributed by atoms with van der Waals surface area (Å²) in [7, 11) is 0. The molecule has 36 heavy (non-hydrogen) atoms. The molecule has 0 aromatic rings. The lowest BCUT2D eigenvalue weighted by molar-refractivity contribution is -0.305. The predicted octanol–water partition coefficient (Wildman–Crippen LogP) is 2.37. The molecule has 0 bridgehead atoms. The molecule has 1 saturated heterocycles. The van der Waals surface area contributed by atoms with Gasteiger partial charge >= 0.3 is 11.9 Å². The average molecular weight is 521 g/mol. The fourth-order valence-corrected chi connectivity index (χ4v) is 3.95. The summed E-state index contributed by atoms with van der Waals surface area (Å²) in [6.07, 6.45) is 3.76. The van der Waals surface area contributed by atoms with E-state index in [0.29, 0.717) is 12.8 Å². The molecule has 1 aliphatic heterocycles. The third-order valence-corrected chi connectivity index (χ3v) is 6.24. The third kappa shape index (κ3) is 13.3. The molecule has 0 spiro atoms. The van der Waals surface area contributed by atoms with Crippen LogP contribution in [0.1, 0.15) is 97.3 Å². The van der Waals surface area contributed by atoms with E-state index in [1.165, 1.54) is 25.7 Å². The Morgan fingerprint density at radius 1 is 0.750 bits per heavy atom. The molecule has 1 fully saturated rings. The highest BCUT2D eigenvalue weighted by Gasteiger charge is 2.44. The van der Waals surface area contributed by atoms with E-state index in [2.05, 4.69) is 6.92 Å². The molecule has 1 rings (SSSR count). The van der Waals surface area contributed by atoms with Gasteiger partial charge in [0.25, 0.3) is 0 Å². The second-order valence-electron chi connectivity index (χ2n) is 9.51. The summed E-state index contributed by atoms with van der Waals surface area (Å²) in [5.74, 6) is -0.842. The van der Waals surface area contributed by atoms with Crippen molar-refractivity contribution in [2.24, 2.45) is 0 Å². The minimum absolute atomic E-state index is 0.217. The molecule has 6 atom stereocenters. The van der Waals surface area contributed by atoms with Gasteiger partial charge in [0.1, 0.15) is 31.0 Å². The molecule has 0 aromatic heterocycles. The Labute approximate surface area is 215 Å². The first-order valence-electron chi connectivity index (χ1n) is 13.6. The summed E-state index contributed by atoms with van der Waals surface area (Å²) in [4.78, 5) is 24.4. The van der Waals surface area contributed by atoms with E-state index in [0.717, 1.165) is 32.1 Å². The Morgan fingerprint density at radius 2 is 1.31 bits per heavy atom. The highest BCUT2D eigenvalue weighted by Crippen LogP contribution is 2.22. The topological polar surface area (TPSA) is 152 Å². The van der Waals surface area contributed by atoms with Gasteiger partial charge in [-0.15, -0.1) is 0 Å². The van der Waals surface area contributed by atoms with E-state index in [1.807, 2.05) is 6.92 Å². The molecule has 0 saturated carbocycles. The molecule has 10 heteroatoms. The Kier molecular flexibility index (Phi) is 18.0. The van der Waals surface area contributed by atoms with Gasteiger partial charge in [-0.3, -0.25) is 9.59 Å². The van der Waals surface area contributed by atoms with Gasteiger partial charge in [-0.2, -0.15) is 0 Å². The zero-order valence-corrected chi connectivity index (χ0v) is 22.0. The van der Waals surface area contributed by atoms with Gasteiger partial charge in [0, 0.05) is 12.8 Å². The van der Waals surface area contributed by atoms with Gasteiger partial charge in [0.2, 0.25) is 0 Å². The Morgan fingerprint density at radius 3 is 1.94 bits per heavy atom. The van der Waals surface area contributed by atoms with Crippen LogP contribution in [-0.4, -0.2) is 89.0 Å². The normalized spacial score (nSPS) is 24.9. The van der Waals surface area contributed by atoms with Crippen molar-refractivity contribution in [3.8, 4) is 0 Å². The van der Waals surface area contributed by atoms with Crippen molar-refractivity contribution in [1.82, 2.24) is 0 Å². The lowest BCUT2D eigenvalue weighted by atomic mass is 9.99. The molecule has 0 aliphatic carbocycles. The number of carbonyl (C=O) groups is 2. The van der Waals surface area contributed by atoms with E-state index >= 15 is 0 Å². The van der Waals surface area contributed by atoms with Crippen LogP contribution >= 0.6 is 0 Å². The number of aliphatic hydroxyl groups is 4. The number of ether oxygens (including phenoxy) is 4. The number of hydrogen-bond acceptors (Lipinski definition) is 10. The third-order valence-electron chi connectivity index (χ3n) is 6.24. The maximum atomic E-state index is 12.4. The van der Waals surface area contributed by atoms with Crippen molar-refractivity contribution in [1.29, 1.82) is 0 Å². The van der Waals surface area contributed by atoms with E-state index in [4.69, 9.17) is 18.9 Å². The highest BCUT2D eigenvalue weighted by molar-refractivity contribution is 5.70. The second-order valence-corrected chi connectivity index (χ2v) is 9.51. The van der Waals surface area contributed by atoms with Crippen LogP contribution in [0.15, 0.2) is 0 Å². The predicted molar refractivity (Wildman–Crippen MR) is 132 cm³/mol. The van der Waals surface area contributed by atoms with Gasteiger partial charge in [-0.05, 0) is 12.8 Å². The summed E-state index contributed by atoms with van der Waals surface area (Å²) in [6.45, 7) is 3.14. The number of carbonyl (C=O) groups excluding carboxylic acids is 2. The van der Waals surface area contributed by atoms with Crippen LogP contribution in [0.2, 0.25) is 0 Å². The van der Waals surface area contributed by atoms with E-state index in [-0.39, 0.29) is 26.1 Å². The minimum Gasteiger partial charge on any atom is -0.462 e. The maximum absolute atomic E-state index is 12.4. The number of rotatable bonds is 20. The van der Waals surface area contributed by atoms with Gasteiger partial charge in [0.15, 0.2) is 12.4 Å². The molecule has 1 heterocycles. The molecule has 212 valence electrons. The number of hydrogen-bond donors (Lipinski definition) is 4. The lowest BCUT2D eigenvalue weighted by Crippen LogP contribution is -2.59. The first-order valence-corrected chi connectivity index (χ1v) is 13.6. The first-order chi connectivity index (χ1) is 17.3. The van der Waals surface area contributed by atoms with Gasteiger partial charge < -0.3 is 39.4 Å². The summed E-state index contributed by atoms with van der Waals surface area (Å²) in [6, 6.07) is 0. The SMILES string of the molecule is CCCCCCCCCCC(=O)OC(COC(=O)CCCCC)COC1OC(CO)C(O)C(O)C1O. The molecular formula is C26H48O10. The molecule has 1 aliphatic rings. The quantitative estimate of drug-likeness (QED) is 0.139. The van der Waals surface area contributed by atoms with E-state index in [9.17, 15) is 30.0 Å². The Balaban J connectivity index is 2.53. The summed E-state index contributed by atoms with van der Waals surface area (Å²) < 4.78 is 21.6. The first kappa shape index (κ1) is 32.7. The minimum atomic E-state index is -1.58. The van der Waals surface area contributed by atoms with Crippen LogP contribution in [0.3, 0.4) is 0 Å². The van der Waals surface area contributed by atoms with Crippen LogP contribution < -0.4 is 0 Å². The van der Waals surface area contributed by atoms with Crippen molar-refractivity contribution in [3.63, 3.8) is 0 Å². The lowest BCUT2D eigenvalue weighted by Gasteiger charge is -2.39. The van der Waals surface area contributed by atoms with Gasteiger partial charge in [0.05, 0.1) is 13.2 Å². The molecule has 10 nitrogen and oxygen atoms in total. The number of unbranched alkanes of at least 4 members (excludes halogenated alkanes) is 9. The van der Waals surface area contributed by atoms with Gasteiger partial charge in [-0.1, -0.05) is 71.6 Å². The van der Waals surface area contributed by atoms with Crippen LogP contribution in [0, 0.1) is 0 Å². The fraction of sp³-hybridized carbons (Fsp3) is 0.923. The zero-order valence-electron chi connectivity index (χ0n) is 22.0. The van der Waals surface area contributed by atoms with Crippen molar-refractivity contribution in [2.75, 3.05) is 19.8 Å². The molecule has 0 amide bonds. The zero-order chi connectivity index (χ0) is 26.8. The molecular weight excluding hydrogens is 472 g/mol. The standard InChI is InChI=1S/C26H48O10/c1-3-5-7-8-9-10-11-13-15-22(29)35-19(17-33-21(28)14-12-6-4-2)18-34-26-25(32)24(31)23(30)20(16-27)36-26/h19-20,23-27,30-32H,3-18H2,1-2H3. The fourth-order valence-electron chi connectivity index (χ4n) is 3.95. The maximum Gasteiger partial charge on any atom is 0.306 e. The summed E-state index contributed by atoms with van der Waals surface area (Å²) >= 11 is 0. The number of aliphatic hydroxyl groups excluding tert-OH is 4. The average Bonchev–Trinajstić information content (AvgIpc) is 2.87. The molecule has 0 radical (unpaired) electrons. The van der Waals surface area contributed by atoms with E-state index < -0.39 is 55.4 Å². The van der Waals surface area contributed by atoms with Crippen LogP contribution in [0.25, 0.3) is 0 Å². The van der Waals surface area contributed by atoms with Crippen LogP contribution in [0.4, 0.5) is 0 Å². The smallest absolute Gasteiger partial charge is 0.306 e. The van der Waals surface area contributed by atoms with Crippen LogP contribution in [0.5, 0.6) is 0 Å². The van der Waals surface area contributed by atoms with Gasteiger partial charge in [-0.25, -0.2) is 0 Å². The summed E-state index contributed by atoms with van der Waals surface area (Å²) in [5.41, 5.74) is 0. The Hall–Kier alpha value is -1.30. The highest BCUT2D eigenvalue weighted by atomic mass is 16.7. The molecule has 6 unspecified atom stereocenters. The molecule has 4 N–H and O–H groups in total. The van der Waals surface area contributed by atoms with Crippen molar-refractivity contribution in [2.45, 2.75) is 134 Å². The van der Waals surface area contributed by atoms with E-state index in [1.54, 1.807) is 0 Å². The second kappa shape index (κ2) is 19.8. The number of esters is 2. The van der Waals surface area contributed by atoms with Crippen LogP contribution in [-0.2, 0) is 28.5 Å². The molecule has 0 aromatic carbocycles. The summed E-state index contributed by atoms with van der Waals surface area (Å²) in [5, 5.41) is 39.3. The monoisotopic (exact) mass is 520 g/mol. The Bertz CT molecular complexity index is 585. The largest absolute Gasteiger partial charge is 0.462 e. The van der Waals surface area contributed by atoms with Crippen molar-refractivity contribution < 1.29 is 49.0 Å².